The summed E-state index contributed by atoms with van der Waals surface area (Å²) in [6.07, 6.45) is 1.27. The van der Waals surface area contributed by atoms with E-state index >= 15 is 0 Å². The fraction of sp³-hybridized carbons (Fsp3) is 0.182. The lowest BCUT2D eigenvalue weighted by Crippen LogP contribution is -2.23. The van der Waals surface area contributed by atoms with Gasteiger partial charge in [0.1, 0.15) is 29.0 Å². The molecule has 0 atom stereocenters. The number of halogens is 2. The van der Waals surface area contributed by atoms with Gasteiger partial charge in [-0.1, -0.05) is 17.3 Å². The summed E-state index contributed by atoms with van der Waals surface area (Å²) < 4.78 is 33.5. The normalized spacial score (nSPS) is 11.1. The van der Waals surface area contributed by atoms with Crippen molar-refractivity contribution in [2.24, 2.45) is 0 Å². The van der Waals surface area contributed by atoms with Gasteiger partial charge in [0.15, 0.2) is 0 Å². The van der Waals surface area contributed by atoms with Gasteiger partial charge < -0.3 is 9.84 Å². The number of nitrogens with one attached hydrogen (secondary N) is 1. The monoisotopic (exact) mass is 424 g/mol. The molecule has 0 aliphatic rings. The highest BCUT2D eigenvalue weighted by atomic mass is 19.1. The summed E-state index contributed by atoms with van der Waals surface area (Å²) in [5, 5.41) is 6.58. The maximum absolute atomic E-state index is 13.6. The summed E-state index contributed by atoms with van der Waals surface area (Å²) >= 11 is 0. The Morgan fingerprint density at radius 1 is 1.16 bits per heavy atom. The molecule has 0 spiro atoms. The van der Waals surface area contributed by atoms with Gasteiger partial charge in [-0.25, -0.2) is 13.8 Å². The Morgan fingerprint density at radius 3 is 2.65 bits per heavy atom. The summed E-state index contributed by atoms with van der Waals surface area (Å²) in [4.78, 5) is 29.3. The van der Waals surface area contributed by atoms with Crippen molar-refractivity contribution in [2.75, 3.05) is 5.32 Å². The molecule has 0 unspecified atom stereocenters. The lowest BCUT2D eigenvalue weighted by atomic mass is 10.1. The van der Waals surface area contributed by atoms with Crippen molar-refractivity contribution in [1.29, 1.82) is 0 Å². The van der Waals surface area contributed by atoms with Crippen molar-refractivity contribution in [3.05, 3.63) is 75.8 Å². The quantitative estimate of drug-likeness (QED) is 0.524. The van der Waals surface area contributed by atoms with Crippen LogP contribution < -0.4 is 10.9 Å². The molecule has 0 aliphatic carbocycles. The largest absolute Gasteiger partial charge is 0.335 e. The van der Waals surface area contributed by atoms with Gasteiger partial charge >= 0.3 is 0 Å². The molecule has 4 rings (SSSR count). The van der Waals surface area contributed by atoms with Gasteiger partial charge in [-0.3, -0.25) is 14.2 Å². The molecule has 4 aromatic rings. The summed E-state index contributed by atoms with van der Waals surface area (Å²) in [5.41, 5.74) is 2.19. The van der Waals surface area contributed by atoms with E-state index in [1.54, 1.807) is 0 Å². The van der Waals surface area contributed by atoms with E-state index in [-0.39, 0.29) is 41.2 Å². The van der Waals surface area contributed by atoms with E-state index in [0.717, 1.165) is 29.3 Å². The number of nitrogens with zero attached hydrogens (tertiary/aromatic N) is 3. The van der Waals surface area contributed by atoms with Crippen molar-refractivity contribution in [3.8, 4) is 11.3 Å². The predicted molar refractivity (Wildman–Crippen MR) is 111 cm³/mol. The molecule has 2 heterocycles. The number of hydrogen-bond acceptors (Lipinski definition) is 5. The zero-order chi connectivity index (χ0) is 22.1. The van der Waals surface area contributed by atoms with Gasteiger partial charge in [-0.05, 0) is 43.2 Å². The van der Waals surface area contributed by atoms with Crippen LogP contribution in [0.3, 0.4) is 0 Å². The van der Waals surface area contributed by atoms with Gasteiger partial charge in [0.25, 0.3) is 11.3 Å². The standard InChI is InChI=1S/C22H18F2N4O3/c1-12-4-3-5-17(13(12)2)26-18(29)6-7-28-11-25-21-19(22(28)30)20(27-31-21)14-8-15(23)10-16(24)9-14/h3-5,8-11H,6-7H2,1-2H3,(H,26,29). The predicted octanol–water partition coefficient (Wildman–Crippen LogP) is 3.98. The third kappa shape index (κ3) is 4.07. The van der Waals surface area contributed by atoms with E-state index in [9.17, 15) is 18.4 Å². The van der Waals surface area contributed by atoms with Crippen LogP contribution in [-0.4, -0.2) is 20.6 Å². The van der Waals surface area contributed by atoms with Crippen LogP contribution in [0.15, 0.2) is 52.0 Å². The van der Waals surface area contributed by atoms with Crippen molar-refractivity contribution in [1.82, 2.24) is 14.7 Å². The topological polar surface area (TPSA) is 90.0 Å². The zero-order valence-electron chi connectivity index (χ0n) is 16.8. The third-order valence-corrected chi connectivity index (χ3v) is 5.06. The lowest BCUT2D eigenvalue weighted by molar-refractivity contribution is -0.116. The van der Waals surface area contributed by atoms with Gasteiger partial charge in [0.05, 0.1) is 0 Å². The van der Waals surface area contributed by atoms with Gasteiger partial charge in [-0.15, -0.1) is 0 Å². The van der Waals surface area contributed by atoms with Crippen LogP contribution in [0.4, 0.5) is 14.5 Å². The Bertz CT molecular complexity index is 1340. The van der Waals surface area contributed by atoms with E-state index in [1.165, 1.54) is 10.9 Å². The van der Waals surface area contributed by atoms with Crippen LogP contribution in [0.1, 0.15) is 17.5 Å². The second kappa shape index (κ2) is 8.10. The molecule has 158 valence electrons. The average molecular weight is 424 g/mol. The number of hydrogen-bond donors (Lipinski definition) is 1. The molecule has 0 radical (unpaired) electrons. The maximum atomic E-state index is 13.6. The number of amides is 1. The number of aryl methyl sites for hydroxylation is 2. The Balaban J connectivity index is 1.59. The first-order valence-corrected chi connectivity index (χ1v) is 9.51. The molecule has 0 saturated heterocycles. The van der Waals surface area contributed by atoms with Crippen molar-refractivity contribution >= 4 is 22.7 Å². The van der Waals surface area contributed by atoms with Crippen molar-refractivity contribution in [2.45, 2.75) is 26.8 Å². The highest BCUT2D eigenvalue weighted by Gasteiger charge is 2.18. The van der Waals surface area contributed by atoms with Crippen molar-refractivity contribution < 1.29 is 18.1 Å². The minimum atomic E-state index is -0.807. The highest BCUT2D eigenvalue weighted by Crippen LogP contribution is 2.26. The summed E-state index contributed by atoms with van der Waals surface area (Å²) in [5.74, 6) is -1.88. The number of rotatable bonds is 5. The zero-order valence-corrected chi connectivity index (χ0v) is 16.8. The number of carbonyl (C=O) groups excluding carboxylic acids is 1. The van der Waals surface area contributed by atoms with Crippen molar-refractivity contribution in [3.63, 3.8) is 0 Å². The fourth-order valence-electron chi connectivity index (χ4n) is 3.25. The minimum absolute atomic E-state index is 0.0116. The Labute approximate surface area is 175 Å². The second-order valence-electron chi connectivity index (χ2n) is 7.16. The molecule has 1 amide bonds. The number of aromatic nitrogens is 3. The van der Waals surface area contributed by atoms with E-state index in [0.29, 0.717) is 5.69 Å². The average Bonchev–Trinajstić information content (AvgIpc) is 3.15. The third-order valence-electron chi connectivity index (χ3n) is 5.06. The van der Waals surface area contributed by atoms with E-state index in [1.807, 2.05) is 32.0 Å². The Kier molecular flexibility index (Phi) is 5.33. The van der Waals surface area contributed by atoms with E-state index in [4.69, 9.17) is 4.52 Å². The first-order valence-electron chi connectivity index (χ1n) is 9.51. The first-order chi connectivity index (χ1) is 14.8. The Hall–Kier alpha value is -3.88. The fourth-order valence-corrected chi connectivity index (χ4v) is 3.25. The first kappa shape index (κ1) is 20.4. The van der Waals surface area contributed by atoms with Crippen LogP contribution in [0.25, 0.3) is 22.4 Å². The molecule has 0 bridgehead atoms. The molecule has 7 nitrogen and oxygen atoms in total. The number of carbonyl (C=O) groups is 1. The highest BCUT2D eigenvalue weighted by molar-refractivity contribution is 5.91. The van der Waals surface area contributed by atoms with Gasteiger partial charge in [-0.2, -0.15) is 0 Å². The number of benzene rings is 2. The molecular weight excluding hydrogens is 406 g/mol. The van der Waals surface area contributed by atoms with Crippen LogP contribution in [0.5, 0.6) is 0 Å². The van der Waals surface area contributed by atoms with Crippen LogP contribution in [0.2, 0.25) is 0 Å². The molecule has 0 aliphatic heterocycles. The van der Waals surface area contributed by atoms with Crippen LogP contribution >= 0.6 is 0 Å². The van der Waals surface area contributed by atoms with E-state index in [2.05, 4.69) is 15.5 Å². The summed E-state index contributed by atoms with van der Waals surface area (Å²) in [7, 11) is 0. The van der Waals surface area contributed by atoms with Crippen LogP contribution in [-0.2, 0) is 11.3 Å². The van der Waals surface area contributed by atoms with Crippen LogP contribution in [0, 0.1) is 25.5 Å². The smallest absolute Gasteiger partial charge is 0.266 e. The summed E-state index contributed by atoms with van der Waals surface area (Å²) in [6.45, 7) is 3.92. The molecule has 9 heteroatoms. The Morgan fingerprint density at radius 2 is 1.90 bits per heavy atom. The molecule has 0 saturated carbocycles. The maximum Gasteiger partial charge on any atom is 0.266 e. The minimum Gasteiger partial charge on any atom is -0.335 e. The molecular formula is C22H18F2N4O3. The lowest BCUT2D eigenvalue weighted by Gasteiger charge is -2.11. The van der Waals surface area contributed by atoms with Gasteiger partial charge in [0, 0.05) is 30.3 Å². The second-order valence-corrected chi connectivity index (χ2v) is 7.16. The molecule has 1 N–H and O–H groups in total. The number of fused-ring (bicyclic) bond motifs is 1. The molecule has 0 fully saturated rings. The SMILES string of the molecule is Cc1cccc(NC(=O)CCn2cnc3onc(-c4cc(F)cc(F)c4)c3c2=O)c1C. The molecule has 2 aromatic carbocycles. The molecule has 2 aromatic heterocycles. The number of anilines is 1. The molecule has 31 heavy (non-hydrogen) atoms. The van der Waals surface area contributed by atoms with E-state index < -0.39 is 17.2 Å². The summed E-state index contributed by atoms with van der Waals surface area (Å²) in [6, 6.07) is 8.43. The van der Waals surface area contributed by atoms with Gasteiger partial charge in [0.2, 0.25) is 5.91 Å².